The van der Waals surface area contributed by atoms with E-state index in [0.717, 1.165) is 41.2 Å². The molecule has 0 saturated carbocycles. The third-order valence-electron chi connectivity index (χ3n) is 3.30. The normalized spacial score (nSPS) is 15.6. The van der Waals surface area contributed by atoms with Crippen molar-refractivity contribution in [3.05, 3.63) is 21.4 Å². The van der Waals surface area contributed by atoms with E-state index in [9.17, 15) is 4.79 Å². The van der Waals surface area contributed by atoms with Crippen molar-refractivity contribution in [1.29, 1.82) is 0 Å². The monoisotopic (exact) mass is 277 g/mol. The highest BCUT2D eigenvalue weighted by molar-refractivity contribution is 7.14. The number of carbonyl (C=O) groups excluding carboxylic acids is 1. The van der Waals surface area contributed by atoms with Gasteiger partial charge in [-0.3, -0.25) is 4.79 Å². The molecular formula is C15H19NO2S. The zero-order valence-electron chi connectivity index (χ0n) is 11.2. The van der Waals surface area contributed by atoms with Gasteiger partial charge in [0, 0.05) is 13.1 Å². The lowest BCUT2D eigenvalue weighted by atomic mass is 10.2. The largest absolute Gasteiger partial charge is 0.384 e. The van der Waals surface area contributed by atoms with Crippen molar-refractivity contribution in [2.24, 2.45) is 0 Å². The van der Waals surface area contributed by atoms with E-state index in [1.165, 1.54) is 24.2 Å². The first-order valence-electron chi connectivity index (χ1n) is 6.72. The van der Waals surface area contributed by atoms with Crippen LogP contribution in [0.5, 0.6) is 0 Å². The summed E-state index contributed by atoms with van der Waals surface area (Å²) in [7, 11) is 0. The number of carbonyl (C=O) groups is 1. The molecule has 1 aliphatic rings. The number of aliphatic hydroxyl groups excluding tert-OH is 1. The quantitative estimate of drug-likeness (QED) is 0.801. The molecule has 1 aliphatic heterocycles. The Hall–Kier alpha value is -1.31. The van der Waals surface area contributed by atoms with E-state index in [0.29, 0.717) is 0 Å². The second-order valence-corrected chi connectivity index (χ2v) is 5.84. The van der Waals surface area contributed by atoms with Crippen molar-refractivity contribution < 1.29 is 9.90 Å². The first-order chi connectivity index (χ1) is 9.22. The van der Waals surface area contributed by atoms with Gasteiger partial charge in [-0.1, -0.05) is 24.7 Å². The standard InChI is InChI=1S/C15H19NO2S/c1-12-11-14(19-13(12)7-6-10-17)15(18)16-8-4-2-3-5-9-16/h11,17H,2-5,8-10H2,1H3. The van der Waals surface area contributed by atoms with Crippen LogP contribution < -0.4 is 0 Å². The van der Waals surface area contributed by atoms with E-state index in [4.69, 9.17) is 5.11 Å². The summed E-state index contributed by atoms with van der Waals surface area (Å²) in [6.07, 6.45) is 4.65. The van der Waals surface area contributed by atoms with Crippen LogP contribution in [0.25, 0.3) is 0 Å². The summed E-state index contributed by atoms with van der Waals surface area (Å²) in [5.74, 6) is 5.67. The van der Waals surface area contributed by atoms with Gasteiger partial charge < -0.3 is 10.0 Å². The van der Waals surface area contributed by atoms with Crippen LogP contribution in [0.3, 0.4) is 0 Å². The Kier molecular flexibility index (Phi) is 5.00. The lowest BCUT2D eigenvalue weighted by molar-refractivity contribution is 0.0766. The lowest BCUT2D eigenvalue weighted by Crippen LogP contribution is -2.31. The van der Waals surface area contributed by atoms with Gasteiger partial charge in [0.25, 0.3) is 5.91 Å². The molecule has 1 saturated heterocycles. The van der Waals surface area contributed by atoms with Crippen molar-refractivity contribution >= 4 is 17.2 Å². The van der Waals surface area contributed by atoms with E-state index in [2.05, 4.69) is 11.8 Å². The minimum atomic E-state index is -0.146. The van der Waals surface area contributed by atoms with Crippen LogP contribution >= 0.6 is 11.3 Å². The SMILES string of the molecule is Cc1cc(C(=O)N2CCCCCC2)sc1C#CCO. The van der Waals surface area contributed by atoms with Gasteiger partial charge in [-0.25, -0.2) is 0 Å². The zero-order valence-corrected chi connectivity index (χ0v) is 12.1. The Morgan fingerprint density at radius 2 is 2.05 bits per heavy atom. The van der Waals surface area contributed by atoms with Gasteiger partial charge in [-0.05, 0) is 31.4 Å². The summed E-state index contributed by atoms with van der Waals surface area (Å²) in [6, 6.07) is 1.92. The van der Waals surface area contributed by atoms with Crippen LogP contribution in [0.4, 0.5) is 0 Å². The van der Waals surface area contributed by atoms with Crippen molar-refractivity contribution in [2.45, 2.75) is 32.6 Å². The Morgan fingerprint density at radius 1 is 1.37 bits per heavy atom. The molecule has 3 nitrogen and oxygen atoms in total. The molecule has 1 fully saturated rings. The number of hydrogen-bond acceptors (Lipinski definition) is 3. The maximum absolute atomic E-state index is 12.4. The molecule has 4 heteroatoms. The predicted molar refractivity (Wildman–Crippen MR) is 77.4 cm³/mol. The highest BCUT2D eigenvalue weighted by Gasteiger charge is 2.19. The Balaban J connectivity index is 2.14. The molecule has 102 valence electrons. The molecule has 2 rings (SSSR count). The predicted octanol–water partition coefficient (Wildman–Crippen LogP) is 2.42. The molecule has 0 bridgehead atoms. The number of aliphatic hydroxyl groups is 1. The van der Waals surface area contributed by atoms with Crippen LogP contribution in [0.1, 0.15) is 45.8 Å². The summed E-state index contributed by atoms with van der Waals surface area (Å²) in [5.41, 5.74) is 1.02. The second kappa shape index (κ2) is 6.74. The van der Waals surface area contributed by atoms with Crippen LogP contribution in [0, 0.1) is 18.8 Å². The zero-order chi connectivity index (χ0) is 13.7. The molecule has 0 aliphatic carbocycles. The third-order valence-corrected chi connectivity index (χ3v) is 4.44. The van der Waals surface area contributed by atoms with Gasteiger partial charge >= 0.3 is 0 Å². The van der Waals surface area contributed by atoms with E-state index < -0.39 is 0 Å². The second-order valence-electron chi connectivity index (χ2n) is 4.79. The van der Waals surface area contributed by atoms with Gasteiger partial charge in [-0.15, -0.1) is 11.3 Å². The summed E-state index contributed by atoms with van der Waals surface area (Å²) in [5, 5.41) is 8.73. The van der Waals surface area contributed by atoms with Crippen LogP contribution in [0.15, 0.2) is 6.07 Å². The average Bonchev–Trinajstić information content (AvgIpc) is 2.64. The fourth-order valence-corrected chi connectivity index (χ4v) is 3.28. The molecule has 1 N–H and O–H groups in total. The number of nitrogens with zero attached hydrogens (tertiary/aromatic N) is 1. The highest BCUT2D eigenvalue weighted by Crippen LogP contribution is 2.23. The number of aryl methyl sites for hydroxylation is 1. The van der Waals surface area contributed by atoms with E-state index in [-0.39, 0.29) is 12.5 Å². The van der Waals surface area contributed by atoms with Gasteiger partial charge in [0.1, 0.15) is 6.61 Å². The van der Waals surface area contributed by atoms with Gasteiger partial charge in [0.05, 0.1) is 9.75 Å². The van der Waals surface area contributed by atoms with Crippen molar-refractivity contribution in [1.82, 2.24) is 4.90 Å². The number of likely N-dealkylation sites (tertiary alicyclic amines) is 1. The number of rotatable bonds is 1. The van der Waals surface area contributed by atoms with Crippen LogP contribution in [-0.4, -0.2) is 35.6 Å². The van der Waals surface area contributed by atoms with Crippen molar-refractivity contribution in [2.75, 3.05) is 19.7 Å². The summed E-state index contributed by atoms with van der Waals surface area (Å²) >= 11 is 1.43. The van der Waals surface area contributed by atoms with Crippen molar-refractivity contribution in [3.63, 3.8) is 0 Å². The maximum atomic E-state index is 12.4. The number of hydrogen-bond donors (Lipinski definition) is 1. The summed E-state index contributed by atoms with van der Waals surface area (Å²) in [6.45, 7) is 3.55. The number of amides is 1. The van der Waals surface area contributed by atoms with Crippen LogP contribution in [-0.2, 0) is 0 Å². The average molecular weight is 277 g/mol. The van der Waals surface area contributed by atoms with Crippen LogP contribution in [0.2, 0.25) is 0 Å². The molecule has 1 aromatic rings. The molecule has 0 atom stereocenters. The minimum absolute atomic E-state index is 0.132. The Morgan fingerprint density at radius 3 is 2.68 bits per heavy atom. The van der Waals surface area contributed by atoms with Gasteiger partial charge in [0.2, 0.25) is 0 Å². The highest BCUT2D eigenvalue weighted by atomic mass is 32.1. The molecule has 0 spiro atoms. The molecule has 1 amide bonds. The molecule has 19 heavy (non-hydrogen) atoms. The third kappa shape index (κ3) is 3.59. The van der Waals surface area contributed by atoms with E-state index in [1.54, 1.807) is 0 Å². The summed E-state index contributed by atoms with van der Waals surface area (Å²) < 4.78 is 0. The van der Waals surface area contributed by atoms with Gasteiger partial charge in [0.15, 0.2) is 0 Å². The topological polar surface area (TPSA) is 40.5 Å². The van der Waals surface area contributed by atoms with Crippen molar-refractivity contribution in [3.8, 4) is 11.8 Å². The minimum Gasteiger partial charge on any atom is -0.384 e. The Bertz CT molecular complexity index is 502. The lowest BCUT2D eigenvalue weighted by Gasteiger charge is -2.19. The molecule has 1 aromatic heterocycles. The van der Waals surface area contributed by atoms with E-state index in [1.807, 2.05) is 17.9 Å². The first kappa shape index (κ1) is 14.1. The molecule has 0 aromatic carbocycles. The molecular weight excluding hydrogens is 258 g/mol. The fraction of sp³-hybridized carbons (Fsp3) is 0.533. The maximum Gasteiger partial charge on any atom is 0.263 e. The number of thiophene rings is 1. The smallest absolute Gasteiger partial charge is 0.263 e. The summed E-state index contributed by atoms with van der Waals surface area (Å²) in [4.78, 5) is 16.0. The van der Waals surface area contributed by atoms with Gasteiger partial charge in [-0.2, -0.15) is 0 Å². The molecule has 0 unspecified atom stereocenters. The van der Waals surface area contributed by atoms with E-state index >= 15 is 0 Å². The molecule has 0 radical (unpaired) electrons. The fourth-order valence-electron chi connectivity index (χ4n) is 2.26. The Labute approximate surface area is 118 Å². The molecule has 2 heterocycles. The first-order valence-corrected chi connectivity index (χ1v) is 7.53.